The van der Waals surface area contributed by atoms with E-state index in [1.165, 1.54) is 11.3 Å². The predicted octanol–water partition coefficient (Wildman–Crippen LogP) is 1.89. The first-order chi connectivity index (χ1) is 9.52. The lowest BCUT2D eigenvalue weighted by Crippen LogP contribution is -2.28. The smallest absolute Gasteiger partial charge is 0.357 e. The van der Waals surface area contributed by atoms with Gasteiger partial charge in [-0.15, -0.1) is 11.3 Å². The zero-order valence-corrected chi connectivity index (χ0v) is 12.9. The Balaban J connectivity index is 2.29. The molecule has 0 spiro atoms. The number of nitrogens with one attached hydrogen (secondary N) is 2. The van der Waals surface area contributed by atoms with E-state index < -0.39 is 5.97 Å². The van der Waals surface area contributed by atoms with Crippen LogP contribution in [0.3, 0.4) is 0 Å². The molecule has 0 aliphatic heterocycles. The van der Waals surface area contributed by atoms with Crippen LogP contribution in [0.5, 0.6) is 0 Å². The minimum absolute atomic E-state index is 0.00775. The number of amides is 1. The molecule has 1 heterocycles. The molecule has 0 aliphatic rings. The molecule has 6 nitrogen and oxygen atoms in total. The number of carbonyl (C=O) groups excluding carboxylic acids is 2. The summed E-state index contributed by atoms with van der Waals surface area (Å²) in [5.74, 6) is 0.0258. The number of thiazole rings is 1. The van der Waals surface area contributed by atoms with Crippen molar-refractivity contribution in [1.29, 1.82) is 0 Å². The van der Waals surface area contributed by atoms with Crippen LogP contribution in [0, 0.1) is 5.92 Å². The number of anilines is 1. The number of ether oxygens (including phenoxy) is 1. The quantitative estimate of drug-likeness (QED) is 0.717. The van der Waals surface area contributed by atoms with Crippen molar-refractivity contribution in [3.8, 4) is 0 Å². The maximum atomic E-state index is 11.5. The van der Waals surface area contributed by atoms with E-state index in [0.717, 1.165) is 0 Å². The van der Waals surface area contributed by atoms with E-state index in [4.69, 9.17) is 4.74 Å². The molecule has 0 unspecified atom stereocenters. The number of carbonyl (C=O) groups is 2. The summed E-state index contributed by atoms with van der Waals surface area (Å²) in [7, 11) is 0. The second-order valence-electron chi connectivity index (χ2n) is 4.63. The molecule has 0 aliphatic carbocycles. The fraction of sp³-hybridized carbons (Fsp3) is 0.615. The molecule has 2 N–H and O–H groups in total. The molecule has 0 bridgehead atoms. The number of nitrogens with zero attached hydrogens (tertiary/aromatic N) is 1. The molecule has 0 saturated carbocycles. The van der Waals surface area contributed by atoms with Crippen molar-refractivity contribution in [1.82, 2.24) is 10.3 Å². The van der Waals surface area contributed by atoms with Crippen molar-refractivity contribution in [3.05, 3.63) is 11.1 Å². The van der Waals surface area contributed by atoms with Crippen LogP contribution in [-0.4, -0.2) is 36.6 Å². The molecule has 20 heavy (non-hydrogen) atoms. The molecule has 1 aromatic heterocycles. The van der Waals surface area contributed by atoms with E-state index >= 15 is 0 Å². The van der Waals surface area contributed by atoms with Crippen molar-refractivity contribution in [2.75, 3.05) is 25.0 Å². The van der Waals surface area contributed by atoms with E-state index in [1.54, 1.807) is 12.3 Å². The fourth-order valence-electron chi connectivity index (χ4n) is 1.34. The Hall–Kier alpha value is -1.63. The number of rotatable bonds is 8. The maximum absolute atomic E-state index is 11.5. The summed E-state index contributed by atoms with van der Waals surface area (Å²) in [6.45, 7) is 7.34. The van der Waals surface area contributed by atoms with Gasteiger partial charge < -0.3 is 15.4 Å². The summed E-state index contributed by atoms with van der Waals surface area (Å²) in [5.41, 5.74) is 0.295. The Morgan fingerprint density at radius 2 is 2.20 bits per heavy atom. The summed E-state index contributed by atoms with van der Waals surface area (Å²) >= 11 is 1.32. The maximum Gasteiger partial charge on any atom is 0.357 e. The first kappa shape index (κ1) is 16.4. The van der Waals surface area contributed by atoms with E-state index in [-0.39, 0.29) is 5.91 Å². The van der Waals surface area contributed by atoms with Crippen molar-refractivity contribution >= 4 is 28.3 Å². The van der Waals surface area contributed by atoms with Gasteiger partial charge in [-0.1, -0.05) is 13.8 Å². The molecule has 1 amide bonds. The summed E-state index contributed by atoms with van der Waals surface area (Å²) in [6, 6.07) is 0. The monoisotopic (exact) mass is 299 g/mol. The highest BCUT2D eigenvalue weighted by Gasteiger charge is 2.11. The molecule has 7 heteroatoms. The normalized spacial score (nSPS) is 10.4. The van der Waals surface area contributed by atoms with Crippen molar-refractivity contribution in [3.63, 3.8) is 0 Å². The molecule has 1 aromatic rings. The number of hydrogen-bond donors (Lipinski definition) is 2. The van der Waals surface area contributed by atoms with Gasteiger partial charge in [-0.25, -0.2) is 9.78 Å². The Morgan fingerprint density at radius 1 is 1.45 bits per heavy atom. The molecule has 0 saturated heterocycles. The fourth-order valence-corrected chi connectivity index (χ4v) is 2.05. The van der Waals surface area contributed by atoms with E-state index in [1.807, 2.05) is 13.8 Å². The second kappa shape index (κ2) is 8.52. The third-order valence-electron chi connectivity index (χ3n) is 2.32. The van der Waals surface area contributed by atoms with Crippen molar-refractivity contribution in [2.24, 2.45) is 5.92 Å². The largest absolute Gasteiger partial charge is 0.461 e. The van der Waals surface area contributed by atoms with Gasteiger partial charge in [0.25, 0.3) is 0 Å². The van der Waals surface area contributed by atoms with Crippen LogP contribution in [0.2, 0.25) is 0 Å². The zero-order chi connectivity index (χ0) is 15.0. The van der Waals surface area contributed by atoms with Gasteiger partial charge in [0.15, 0.2) is 10.8 Å². The molecule has 0 radical (unpaired) electrons. The molecule has 0 atom stereocenters. The Morgan fingerprint density at radius 3 is 2.85 bits per heavy atom. The van der Waals surface area contributed by atoms with Gasteiger partial charge in [-0.3, -0.25) is 4.79 Å². The topological polar surface area (TPSA) is 80.3 Å². The third-order valence-corrected chi connectivity index (χ3v) is 3.12. The Labute approximate surface area is 122 Å². The van der Waals surface area contributed by atoms with Crippen LogP contribution in [-0.2, 0) is 9.53 Å². The van der Waals surface area contributed by atoms with E-state index in [9.17, 15) is 9.59 Å². The molecular weight excluding hydrogens is 278 g/mol. The van der Waals surface area contributed by atoms with Gasteiger partial charge in [-0.05, 0) is 12.8 Å². The lowest BCUT2D eigenvalue weighted by molar-refractivity contribution is -0.120. The Kier molecular flexibility index (Phi) is 7.00. The van der Waals surface area contributed by atoms with Gasteiger partial charge in [0.1, 0.15) is 0 Å². The van der Waals surface area contributed by atoms with Crippen LogP contribution in [0.25, 0.3) is 0 Å². The van der Waals surface area contributed by atoms with Crippen LogP contribution >= 0.6 is 11.3 Å². The minimum atomic E-state index is -0.425. The van der Waals surface area contributed by atoms with Gasteiger partial charge in [0, 0.05) is 24.9 Å². The average molecular weight is 299 g/mol. The number of esters is 1. The third kappa shape index (κ3) is 6.01. The van der Waals surface area contributed by atoms with E-state index in [2.05, 4.69) is 15.6 Å². The molecule has 0 aromatic carbocycles. The molecule has 112 valence electrons. The predicted molar refractivity (Wildman–Crippen MR) is 79.0 cm³/mol. The second-order valence-corrected chi connectivity index (χ2v) is 5.49. The average Bonchev–Trinajstić information content (AvgIpc) is 2.85. The van der Waals surface area contributed by atoms with Gasteiger partial charge in [0.05, 0.1) is 6.61 Å². The van der Waals surface area contributed by atoms with Crippen LogP contribution in [0.4, 0.5) is 5.13 Å². The van der Waals surface area contributed by atoms with Gasteiger partial charge >= 0.3 is 5.97 Å². The van der Waals surface area contributed by atoms with Crippen molar-refractivity contribution < 1.29 is 14.3 Å². The zero-order valence-electron chi connectivity index (χ0n) is 12.1. The van der Waals surface area contributed by atoms with Crippen LogP contribution in [0.1, 0.15) is 37.7 Å². The number of aromatic nitrogens is 1. The van der Waals surface area contributed by atoms with Gasteiger partial charge in [-0.2, -0.15) is 0 Å². The standard InChI is InChI=1S/C13H21N3O3S/c1-4-19-12(18)10-8-20-13(16-10)14-6-5-11(17)15-7-9(2)3/h8-9H,4-7H2,1-3H3,(H,14,16)(H,15,17). The summed E-state index contributed by atoms with van der Waals surface area (Å²) in [5, 5.41) is 8.11. The lowest BCUT2D eigenvalue weighted by atomic mass is 10.2. The summed E-state index contributed by atoms with van der Waals surface area (Å²) in [4.78, 5) is 27.0. The minimum Gasteiger partial charge on any atom is -0.461 e. The first-order valence-corrected chi connectivity index (χ1v) is 7.54. The highest BCUT2D eigenvalue weighted by molar-refractivity contribution is 7.13. The van der Waals surface area contributed by atoms with Gasteiger partial charge in [0.2, 0.25) is 5.91 Å². The molecule has 0 fully saturated rings. The lowest BCUT2D eigenvalue weighted by Gasteiger charge is -2.07. The van der Waals surface area contributed by atoms with E-state index in [0.29, 0.717) is 42.9 Å². The first-order valence-electron chi connectivity index (χ1n) is 6.66. The highest BCUT2D eigenvalue weighted by Crippen LogP contribution is 2.15. The van der Waals surface area contributed by atoms with Crippen LogP contribution in [0.15, 0.2) is 5.38 Å². The highest BCUT2D eigenvalue weighted by atomic mass is 32.1. The van der Waals surface area contributed by atoms with Crippen molar-refractivity contribution in [2.45, 2.75) is 27.2 Å². The molecular formula is C13H21N3O3S. The summed E-state index contributed by atoms with van der Waals surface area (Å²) < 4.78 is 4.85. The SMILES string of the molecule is CCOC(=O)c1csc(NCCC(=O)NCC(C)C)n1. The Bertz CT molecular complexity index is 446. The molecule has 1 rings (SSSR count). The summed E-state index contributed by atoms with van der Waals surface area (Å²) in [6.07, 6.45) is 0.376. The van der Waals surface area contributed by atoms with Crippen LogP contribution < -0.4 is 10.6 Å². The number of hydrogen-bond acceptors (Lipinski definition) is 6.